The molecule has 0 saturated carbocycles. The minimum atomic E-state index is -0.556. The highest BCUT2D eigenvalue weighted by molar-refractivity contribution is 6.31. The Labute approximate surface area is 120 Å². The van der Waals surface area contributed by atoms with Gasteiger partial charge in [0.05, 0.1) is 24.1 Å². The molecule has 6 heteroatoms. The first-order valence-corrected chi connectivity index (χ1v) is 6.51. The number of aromatic hydroxyl groups is 1. The Balaban J connectivity index is 2.63. The molecule has 0 aliphatic rings. The number of carbonyl (C=O) groups is 1. The van der Waals surface area contributed by atoms with Crippen LogP contribution in [0.15, 0.2) is 16.9 Å². The van der Waals surface area contributed by atoms with E-state index in [1.165, 1.54) is 0 Å². The molecule has 106 valence electrons. The van der Waals surface area contributed by atoms with E-state index in [1.54, 1.807) is 26.0 Å². The van der Waals surface area contributed by atoms with Gasteiger partial charge in [-0.25, -0.2) is 0 Å². The van der Waals surface area contributed by atoms with Gasteiger partial charge in [-0.15, -0.1) is 0 Å². The number of rotatable bonds is 3. The van der Waals surface area contributed by atoms with E-state index in [-0.39, 0.29) is 24.3 Å². The SMILES string of the molecule is CCOC(=O)Cc1c(O)c2c(C)cc(Cl)cc2[nH]c1=O. The number of aromatic nitrogens is 1. The van der Waals surface area contributed by atoms with Crippen molar-refractivity contribution in [3.8, 4) is 5.75 Å². The van der Waals surface area contributed by atoms with Gasteiger partial charge in [0.15, 0.2) is 0 Å². The number of hydrogen-bond acceptors (Lipinski definition) is 4. The summed E-state index contributed by atoms with van der Waals surface area (Å²) in [6.45, 7) is 3.66. The van der Waals surface area contributed by atoms with E-state index in [4.69, 9.17) is 16.3 Å². The van der Waals surface area contributed by atoms with Crippen molar-refractivity contribution in [2.45, 2.75) is 20.3 Å². The zero-order valence-electron chi connectivity index (χ0n) is 11.1. The Morgan fingerprint density at radius 2 is 2.15 bits per heavy atom. The third-order valence-corrected chi connectivity index (χ3v) is 3.19. The topological polar surface area (TPSA) is 79.4 Å². The summed E-state index contributed by atoms with van der Waals surface area (Å²) in [7, 11) is 0. The number of H-pyrrole nitrogens is 1. The van der Waals surface area contributed by atoms with Crippen molar-refractivity contribution in [3.05, 3.63) is 38.6 Å². The summed E-state index contributed by atoms with van der Waals surface area (Å²) >= 11 is 5.92. The molecule has 0 aliphatic carbocycles. The average Bonchev–Trinajstić information content (AvgIpc) is 2.33. The zero-order valence-corrected chi connectivity index (χ0v) is 11.9. The van der Waals surface area contributed by atoms with Gasteiger partial charge in [0.2, 0.25) is 0 Å². The van der Waals surface area contributed by atoms with Crippen molar-refractivity contribution in [1.82, 2.24) is 4.98 Å². The standard InChI is InChI=1S/C14H14ClNO4/c1-3-20-11(17)6-9-13(18)12-7(2)4-8(15)5-10(12)16-14(9)19/h4-5H,3,6H2,1-2H3,(H2,16,18,19). The van der Waals surface area contributed by atoms with Crippen molar-refractivity contribution in [2.75, 3.05) is 6.61 Å². The van der Waals surface area contributed by atoms with Crippen molar-refractivity contribution >= 4 is 28.5 Å². The summed E-state index contributed by atoms with van der Waals surface area (Å²) in [5, 5.41) is 11.2. The highest BCUT2D eigenvalue weighted by Crippen LogP contribution is 2.30. The molecule has 2 rings (SSSR count). The lowest BCUT2D eigenvalue weighted by Gasteiger charge is -2.10. The second kappa shape index (κ2) is 5.54. The number of aryl methyl sites for hydroxylation is 1. The molecule has 0 radical (unpaired) electrons. The van der Waals surface area contributed by atoms with Crippen LogP contribution in [-0.4, -0.2) is 22.7 Å². The maximum absolute atomic E-state index is 11.9. The zero-order chi connectivity index (χ0) is 14.9. The van der Waals surface area contributed by atoms with Gasteiger partial charge in [0.1, 0.15) is 5.75 Å². The van der Waals surface area contributed by atoms with Gasteiger partial charge in [0, 0.05) is 10.4 Å². The van der Waals surface area contributed by atoms with E-state index in [2.05, 4.69) is 4.98 Å². The Hall–Kier alpha value is -2.01. The van der Waals surface area contributed by atoms with Gasteiger partial charge in [-0.3, -0.25) is 9.59 Å². The molecular formula is C14H14ClNO4. The molecule has 0 amide bonds. The fourth-order valence-corrected chi connectivity index (χ4v) is 2.41. The van der Waals surface area contributed by atoms with Gasteiger partial charge >= 0.3 is 5.97 Å². The van der Waals surface area contributed by atoms with Crippen molar-refractivity contribution in [1.29, 1.82) is 0 Å². The maximum atomic E-state index is 11.9. The first kappa shape index (κ1) is 14.4. The Morgan fingerprint density at radius 1 is 1.45 bits per heavy atom. The number of hydrogen-bond donors (Lipinski definition) is 2. The monoisotopic (exact) mass is 295 g/mol. The Bertz CT molecular complexity index is 736. The summed E-state index contributed by atoms with van der Waals surface area (Å²) in [5.41, 5.74) is 0.627. The van der Waals surface area contributed by atoms with Crippen molar-refractivity contribution < 1.29 is 14.6 Å². The molecule has 1 heterocycles. The normalized spacial score (nSPS) is 10.8. The van der Waals surface area contributed by atoms with Crippen LogP contribution in [0.25, 0.3) is 10.9 Å². The molecule has 0 atom stereocenters. The van der Waals surface area contributed by atoms with Crippen LogP contribution in [0.4, 0.5) is 0 Å². The summed E-state index contributed by atoms with van der Waals surface area (Å²) in [6.07, 6.45) is -0.271. The molecule has 0 spiro atoms. The molecule has 1 aromatic carbocycles. The second-order valence-corrected chi connectivity index (χ2v) is 4.84. The molecule has 0 unspecified atom stereocenters. The Morgan fingerprint density at radius 3 is 2.80 bits per heavy atom. The number of ether oxygens (including phenoxy) is 1. The second-order valence-electron chi connectivity index (χ2n) is 4.41. The smallest absolute Gasteiger partial charge is 0.310 e. The maximum Gasteiger partial charge on any atom is 0.310 e. The molecule has 0 aliphatic heterocycles. The largest absolute Gasteiger partial charge is 0.507 e. The van der Waals surface area contributed by atoms with E-state index < -0.39 is 11.5 Å². The fraction of sp³-hybridized carbons (Fsp3) is 0.286. The van der Waals surface area contributed by atoms with E-state index in [9.17, 15) is 14.7 Å². The van der Waals surface area contributed by atoms with Crippen LogP contribution in [0.1, 0.15) is 18.1 Å². The van der Waals surface area contributed by atoms with E-state index in [0.29, 0.717) is 21.5 Å². The van der Waals surface area contributed by atoms with E-state index in [1.807, 2.05) is 0 Å². The van der Waals surface area contributed by atoms with Crippen LogP contribution in [0.3, 0.4) is 0 Å². The minimum Gasteiger partial charge on any atom is -0.507 e. The summed E-state index contributed by atoms with van der Waals surface area (Å²) < 4.78 is 4.79. The lowest BCUT2D eigenvalue weighted by molar-refractivity contribution is -0.142. The minimum absolute atomic E-state index is 0.00127. The molecule has 2 N–H and O–H groups in total. The lowest BCUT2D eigenvalue weighted by Crippen LogP contribution is -2.18. The Kier molecular flexibility index (Phi) is 3.99. The third-order valence-electron chi connectivity index (χ3n) is 2.97. The number of halogens is 1. The van der Waals surface area contributed by atoms with Crippen LogP contribution in [0.2, 0.25) is 5.02 Å². The van der Waals surface area contributed by atoms with Crippen LogP contribution in [0.5, 0.6) is 5.75 Å². The highest BCUT2D eigenvalue weighted by Gasteiger charge is 2.17. The van der Waals surface area contributed by atoms with Crippen molar-refractivity contribution in [3.63, 3.8) is 0 Å². The predicted octanol–water partition coefficient (Wildman–Crippen LogP) is 2.30. The summed E-state index contributed by atoms with van der Waals surface area (Å²) in [4.78, 5) is 26.1. The predicted molar refractivity (Wildman–Crippen MR) is 76.3 cm³/mol. The fourth-order valence-electron chi connectivity index (χ4n) is 2.13. The molecule has 2 aromatic rings. The number of esters is 1. The van der Waals surface area contributed by atoms with Crippen LogP contribution in [0, 0.1) is 6.92 Å². The van der Waals surface area contributed by atoms with E-state index >= 15 is 0 Å². The quantitative estimate of drug-likeness (QED) is 0.852. The third kappa shape index (κ3) is 2.63. The molecular weight excluding hydrogens is 282 g/mol. The molecule has 5 nitrogen and oxygen atoms in total. The van der Waals surface area contributed by atoms with Gasteiger partial charge < -0.3 is 14.8 Å². The van der Waals surface area contributed by atoms with Crippen molar-refractivity contribution in [2.24, 2.45) is 0 Å². The number of benzene rings is 1. The molecule has 0 saturated heterocycles. The van der Waals surface area contributed by atoms with Gasteiger partial charge in [-0.1, -0.05) is 11.6 Å². The molecule has 0 fully saturated rings. The lowest BCUT2D eigenvalue weighted by atomic mass is 10.0. The van der Waals surface area contributed by atoms with Crippen LogP contribution < -0.4 is 5.56 Å². The van der Waals surface area contributed by atoms with Crippen LogP contribution >= 0.6 is 11.6 Å². The number of nitrogens with one attached hydrogen (secondary N) is 1. The first-order valence-electron chi connectivity index (χ1n) is 6.13. The van der Waals surface area contributed by atoms with Crippen LogP contribution in [-0.2, 0) is 16.0 Å². The number of fused-ring (bicyclic) bond motifs is 1. The molecule has 20 heavy (non-hydrogen) atoms. The van der Waals surface area contributed by atoms with Gasteiger partial charge in [-0.05, 0) is 31.5 Å². The van der Waals surface area contributed by atoms with Gasteiger partial charge in [-0.2, -0.15) is 0 Å². The summed E-state index contributed by atoms with van der Waals surface area (Å²) in [6, 6.07) is 3.23. The number of aromatic amines is 1. The number of carbonyl (C=O) groups excluding carboxylic acids is 1. The molecule has 1 aromatic heterocycles. The highest BCUT2D eigenvalue weighted by atomic mass is 35.5. The summed E-state index contributed by atoms with van der Waals surface area (Å²) in [5.74, 6) is -0.759. The molecule has 0 bridgehead atoms. The first-order chi connectivity index (χ1) is 9.43. The van der Waals surface area contributed by atoms with E-state index in [0.717, 1.165) is 0 Å². The number of pyridine rings is 1. The average molecular weight is 296 g/mol. The van der Waals surface area contributed by atoms with Gasteiger partial charge in [0.25, 0.3) is 5.56 Å².